The van der Waals surface area contributed by atoms with Gasteiger partial charge in [-0.2, -0.15) is 0 Å². The van der Waals surface area contributed by atoms with Crippen LogP contribution in [0.1, 0.15) is 27.7 Å². The lowest BCUT2D eigenvalue weighted by molar-refractivity contribution is -0.126. The second-order valence-electron chi connectivity index (χ2n) is 3.26. The quantitative estimate of drug-likeness (QED) is 0.557. The molecule has 0 aliphatic carbocycles. The summed E-state index contributed by atoms with van der Waals surface area (Å²) in [6.07, 6.45) is 1.65. The molecule has 0 spiro atoms. The molecule has 11 heavy (non-hydrogen) atoms. The minimum absolute atomic E-state index is 0.0833. The van der Waals surface area contributed by atoms with Crippen LogP contribution in [0.4, 0.5) is 0 Å². The molecule has 0 aromatic rings. The number of rotatable bonds is 2. The molecule has 0 aliphatic rings. The molecule has 64 valence electrons. The van der Waals surface area contributed by atoms with Gasteiger partial charge in [0.05, 0.1) is 0 Å². The summed E-state index contributed by atoms with van der Waals surface area (Å²) in [5.41, 5.74) is 1.04. The molecule has 0 N–H and O–H groups in total. The maximum atomic E-state index is 11.2. The number of carbonyl (C=O) groups excluding carboxylic acids is 1. The summed E-state index contributed by atoms with van der Waals surface area (Å²) >= 11 is 0. The van der Waals surface area contributed by atoms with Crippen LogP contribution in [-0.2, 0) is 4.79 Å². The number of allylic oxidation sites excluding steroid dienone is 1. The molecule has 0 atom stereocenters. The van der Waals surface area contributed by atoms with Crippen LogP contribution in [-0.4, -0.2) is 23.9 Å². The zero-order valence-corrected chi connectivity index (χ0v) is 8.01. The summed E-state index contributed by atoms with van der Waals surface area (Å²) in [5, 5.41) is 0. The molecule has 0 rings (SSSR count). The van der Waals surface area contributed by atoms with Gasteiger partial charge in [0.15, 0.2) is 0 Å². The second kappa shape index (κ2) is 4.16. The predicted molar refractivity (Wildman–Crippen MR) is 47.3 cm³/mol. The maximum absolute atomic E-state index is 11.2. The average molecular weight is 155 g/mol. The van der Waals surface area contributed by atoms with E-state index in [0.29, 0.717) is 0 Å². The van der Waals surface area contributed by atoms with Gasteiger partial charge in [-0.25, -0.2) is 0 Å². The third-order valence-corrected chi connectivity index (χ3v) is 1.53. The van der Waals surface area contributed by atoms with Gasteiger partial charge in [-0.05, 0) is 27.7 Å². The van der Waals surface area contributed by atoms with E-state index in [0.717, 1.165) is 5.57 Å². The highest BCUT2D eigenvalue weighted by Crippen LogP contribution is 1.97. The summed E-state index contributed by atoms with van der Waals surface area (Å²) in [6, 6.07) is 0.276. The fourth-order valence-electron chi connectivity index (χ4n) is 0.603. The summed E-state index contributed by atoms with van der Waals surface area (Å²) in [4.78, 5) is 13.0. The van der Waals surface area contributed by atoms with Crippen molar-refractivity contribution in [2.75, 3.05) is 7.05 Å². The van der Waals surface area contributed by atoms with Crippen LogP contribution in [0.15, 0.2) is 11.6 Å². The predicted octanol–water partition coefficient (Wildman–Crippen LogP) is 1.82. The van der Waals surface area contributed by atoms with Crippen LogP contribution >= 0.6 is 0 Å². The van der Waals surface area contributed by atoms with Crippen LogP contribution in [0.25, 0.3) is 0 Å². The van der Waals surface area contributed by atoms with E-state index in [1.165, 1.54) is 0 Å². The van der Waals surface area contributed by atoms with Gasteiger partial charge >= 0.3 is 0 Å². The van der Waals surface area contributed by atoms with E-state index in [9.17, 15) is 4.79 Å². The van der Waals surface area contributed by atoms with Crippen molar-refractivity contribution < 1.29 is 4.79 Å². The van der Waals surface area contributed by atoms with Crippen LogP contribution in [0, 0.1) is 0 Å². The van der Waals surface area contributed by atoms with E-state index in [-0.39, 0.29) is 11.9 Å². The van der Waals surface area contributed by atoms with E-state index in [1.54, 1.807) is 11.0 Å². The Morgan fingerprint density at radius 2 is 1.82 bits per heavy atom. The molecular formula is C9H17NO. The summed E-state index contributed by atoms with van der Waals surface area (Å²) < 4.78 is 0. The highest BCUT2D eigenvalue weighted by atomic mass is 16.2. The molecule has 1 amide bonds. The minimum Gasteiger partial charge on any atom is -0.340 e. The topological polar surface area (TPSA) is 20.3 Å². The van der Waals surface area contributed by atoms with Gasteiger partial charge in [-0.3, -0.25) is 4.79 Å². The Morgan fingerprint density at radius 3 is 2.09 bits per heavy atom. The number of likely N-dealkylation sites (N-methyl/N-ethyl adjacent to an activating group) is 1. The van der Waals surface area contributed by atoms with E-state index >= 15 is 0 Å². The van der Waals surface area contributed by atoms with Gasteiger partial charge in [0.1, 0.15) is 0 Å². The first kappa shape index (κ1) is 10.2. The number of hydrogen-bond donors (Lipinski definition) is 0. The molecule has 0 fully saturated rings. The van der Waals surface area contributed by atoms with Crippen molar-refractivity contribution in [2.45, 2.75) is 33.7 Å². The molecule has 0 bridgehead atoms. The van der Waals surface area contributed by atoms with Gasteiger partial charge in [0.2, 0.25) is 5.91 Å². The standard InChI is InChI=1S/C9H17NO/c1-7(2)6-9(11)10(5)8(3)4/h6,8H,1-5H3. The fourth-order valence-corrected chi connectivity index (χ4v) is 0.603. The SMILES string of the molecule is CC(C)=CC(=O)N(C)C(C)C. The number of carbonyl (C=O) groups is 1. The van der Waals surface area contributed by atoms with E-state index in [1.807, 2.05) is 34.7 Å². The first-order chi connectivity index (χ1) is 4.95. The Labute approximate surface area is 68.9 Å². The van der Waals surface area contributed by atoms with Gasteiger partial charge < -0.3 is 4.90 Å². The highest BCUT2D eigenvalue weighted by molar-refractivity contribution is 5.88. The van der Waals surface area contributed by atoms with Crippen molar-refractivity contribution in [3.05, 3.63) is 11.6 Å². The summed E-state index contributed by atoms with van der Waals surface area (Å²) in [7, 11) is 1.81. The van der Waals surface area contributed by atoms with Crippen molar-refractivity contribution in [3.8, 4) is 0 Å². The Hall–Kier alpha value is -0.790. The first-order valence-corrected chi connectivity index (χ1v) is 3.87. The minimum atomic E-state index is 0.0833. The molecule has 0 aliphatic heterocycles. The van der Waals surface area contributed by atoms with E-state index in [4.69, 9.17) is 0 Å². The van der Waals surface area contributed by atoms with Crippen molar-refractivity contribution in [1.29, 1.82) is 0 Å². The normalized spacial score (nSPS) is 9.64. The first-order valence-electron chi connectivity index (χ1n) is 3.87. The molecule has 0 radical (unpaired) electrons. The molecule has 0 saturated carbocycles. The van der Waals surface area contributed by atoms with Crippen molar-refractivity contribution >= 4 is 5.91 Å². The second-order valence-corrected chi connectivity index (χ2v) is 3.26. The molecule has 0 unspecified atom stereocenters. The fraction of sp³-hybridized carbons (Fsp3) is 0.667. The molecule has 0 aromatic heterocycles. The van der Waals surface area contributed by atoms with Crippen molar-refractivity contribution in [1.82, 2.24) is 4.90 Å². The maximum Gasteiger partial charge on any atom is 0.246 e. The lowest BCUT2D eigenvalue weighted by Gasteiger charge is -2.19. The monoisotopic (exact) mass is 155 g/mol. The lowest BCUT2D eigenvalue weighted by atomic mass is 10.3. The van der Waals surface area contributed by atoms with Crippen LogP contribution in [0.3, 0.4) is 0 Å². The van der Waals surface area contributed by atoms with Crippen LogP contribution in [0.5, 0.6) is 0 Å². The van der Waals surface area contributed by atoms with Gasteiger partial charge in [0, 0.05) is 19.2 Å². The third-order valence-electron chi connectivity index (χ3n) is 1.53. The summed E-state index contributed by atoms with van der Waals surface area (Å²) in [5.74, 6) is 0.0833. The number of amides is 1. The zero-order chi connectivity index (χ0) is 9.02. The van der Waals surface area contributed by atoms with Crippen molar-refractivity contribution in [2.24, 2.45) is 0 Å². The zero-order valence-electron chi connectivity index (χ0n) is 8.01. The van der Waals surface area contributed by atoms with Gasteiger partial charge in [0.25, 0.3) is 0 Å². The number of nitrogens with zero attached hydrogens (tertiary/aromatic N) is 1. The van der Waals surface area contributed by atoms with Crippen LogP contribution < -0.4 is 0 Å². The van der Waals surface area contributed by atoms with Crippen molar-refractivity contribution in [3.63, 3.8) is 0 Å². The van der Waals surface area contributed by atoms with Gasteiger partial charge in [-0.15, -0.1) is 0 Å². The molecule has 0 heterocycles. The van der Waals surface area contributed by atoms with E-state index < -0.39 is 0 Å². The number of hydrogen-bond acceptors (Lipinski definition) is 1. The average Bonchev–Trinajstić information content (AvgIpc) is 1.84. The Morgan fingerprint density at radius 1 is 1.36 bits per heavy atom. The summed E-state index contributed by atoms with van der Waals surface area (Å²) in [6.45, 7) is 7.84. The molecule has 2 heteroatoms. The largest absolute Gasteiger partial charge is 0.340 e. The molecule has 2 nitrogen and oxygen atoms in total. The van der Waals surface area contributed by atoms with E-state index in [2.05, 4.69) is 0 Å². The molecule has 0 aromatic carbocycles. The molecular weight excluding hydrogens is 138 g/mol. The van der Waals surface area contributed by atoms with Gasteiger partial charge in [-0.1, -0.05) is 5.57 Å². The lowest BCUT2D eigenvalue weighted by Crippen LogP contribution is -2.31. The third kappa shape index (κ3) is 3.81. The highest BCUT2D eigenvalue weighted by Gasteiger charge is 2.07. The Kier molecular flexibility index (Phi) is 3.86. The Balaban J connectivity index is 4.15. The molecule has 0 saturated heterocycles. The Bertz CT molecular complexity index is 166. The smallest absolute Gasteiger partial charge is 0.246 e. The van der Waals surface area contributed by atoms with Crippen LogP contribution in [0.2, 0.25) is 0 Å².